The number of carbonyl (C=O) groups excluding carboxylic acids is 3. The quantitative estimate of drug-likeness (QED) is 0.729. The van der Waals surface area contributed by atoms with Gasteiger partial charge in [0.2, 0.25) is 0 Å². The zero-order chi connectivity index (χ0) is 16.0. The van der Waals surface area contributed by atoms with E-state index in [9.17, 15) is 19.5 Å². The van der Waals surface area contributed by atoms with E-state index in [1.807, 2.05) is 5.32 Å². The number of imide groups is 1. The predicted molar refractivity (Wildman–Crippen MR) is 75.2 cm³/mol. The standard InChI is InChI=1S/C13H15ClN2O5/c1-7(2)15-13(20)16-11(18)6-21-12(19)9-5-8(14)3-4-10(9)17/h3-5,7,17H,6H2,1-2H3,(H2,15,16,18,20). The first kappa shape index (κ1) is 16.8. The van der Waals surface area contributed by atoms with Crippen LogP contribution in [0.1, 0.15) is 24.2 Å². The summed E-state index contributed by atoms with van der Waals surface area (Å²) in [6.07, 6.45) is 0. The molecule has 0 spiro atoms. The molecule has 0 radical (unpaired) electrons. The van der Waals surface area contributed by atoms with Gasteiger partial charge in [-0.15, -0.1) is 0 Å². The lowest BCUT2D eigenvalue weighted by atomic mass is 10.2. The van der Waals surface area contributed by atoms with Crippen molar-refractivity contribution in [3.05, 3.63) is 28.8 Å². The number of hydrogen-bond donors (Lipinski definition) is 3. The molecule has 0 aromatic heterocycles. The molecular weight excluding hydrogens is 300 g/mol. The highest BCUT2D eigenvalue weighted by Crippen LogP contribution is 2.22. The smallest absolute Gasteiger partial charge is 0.342 e. The normalized spacial score (nSPS) is 10.1. The fourth-order valence-corrected chi connectivity index (χ4v) is 1.51. The third-order valence-electron chi connectivity index (χ3n) is 2.19. The van der Waals surface area contributed by atoms with Crippen LogP contribution >= 0.6 is 11.6 Å². The van der Waals surface area contributed by atoms with E-state index in [0.29, 0.717) is 0 Å². The van der Waals surface area contributed by atoms with Gasteiger partial charge in [-0.25, -0.2) is 9.59 Å². The van der Waals surface area contributed by atoms with Gasteiger partial charge in [0.05, 0.1) is 0 Å². The molecule has 1 rings (SSSR count). The van der Waals surface area contributed by atoms with Gasteiger partial charge in [-0.3, -0.25) is 10.1 Å². The Bertz CT molecular complexity index is 559. The number of benzene rings is 1. The minimum atomic E-state index is -0.922. The van der Waals surface area contributed by atoms with Gasteiger partial charge in [-0.05, 0) is 32.0 Å². The zero-order valence-corrected chi connectivity index (χ0v) is 12.2. The number of rotatable bonds is 4. The van der Waals surface area contributed by atoms with E-state index in [0.717, 1.165) is 0 Å². The molecule has 0 heterocycles. The Morgan fingerprint density at radius 2 is 2.00 bits per heavy atom. The Morgan fingerprint density at radius 1 is 1.33 bits per heavy atom. The summed E-state index contributed by atoms with van der Waals surface area (Å²) in [5.74, 6) is -2.03. The number of phenols is 1. The molecule has 8 heteroatoms. The van der Waals surface area contributed by atoms with E-state index in [-0.39, 0.29) is 22.4 Å². The number of nitrogens with one attached hydrogen (secondary N) is 2. The average Bonchev–Trinajstić information content (AvgIpc) is 2.37. The van der Waals surface area contributed by atoms with Crippen LogP contribution in [0.15, 0.2) is 18.2 Å². The van der Waals surface area contributed by atoms with Crippen LogP contribution in [0.4, 0.5) is 4.79 Å². The van der Waals surface area contributed by atoms with Crippen LogP contribution < -0.4 is 10.6 Å². The third kappa shape index (κ3) is 5.70. The summed E-state index contributed by atoms with van der Waals surface area (Å²) < 4.78 is 4.68. The van der Waals surface area contributed by atoms with Gasteiger partial charge in [-0.2, -0.15) is 0 Å². The molecule has 1 aromatic carbocycles. The lowest BCUT2D eigenvalue weighted by Crippen LogP contribution is -2.44. The number of hydrogen-bond acceptors (Lipinski definition) is 5. The third-order valence-corrected chi connectivity index (χ3v) is 2.42. The van der Waals surface area contributed by atoms with Crippen LogP contribution in [-0.2, 0) is 9.53 Å². The first-order valence-electron chi connectivity index (χ1n) is 6.05. The van der Waals surface area contributed by atoms with Crippen molar-refractivity contribution < 1.29 is 24.2 Å². The first-order chi connectivity index (χ1) is 9.79. The van der Waals surface area contributed by atoms with Crippen LogP contribution in [0.2, 0.25) is 5.02 Å². The Kier molecular flexibility index (Phi) is 5.98. The molecular formula is C13H15ClN2O5. The molecule has 7 nitrogen and oxygen atoms in total. The van der Waals surface area contributed by atoms with Crippen molar-refractivity contribution in [2.24, 2.45) is 0 Å². The topological polar surface area (TPSA) is 105 Å². The summed E-state index contributed by atoms with van der Waals surface area (Å²) in [4.78, 5) is 34.3. The number of aromatic hydroxyl groups is 1. The van der Waals surface area contributed by atoms with E-state index in [2.05, 4.69) is 10.1 Å². The highest BCUT2D eigenvalue weighted by Gasteiger charge is 2.16. The largest absolute Gasteiger partial charge is 0.507 e. The SMILES string of the molecule is CC(C)NC(=O)NC(=O)COC(=O)c1cc(Cl)ccc1O. The van der Waals surface area contributed by atoms with E-state index >= 15 is 0 Å². The fourth-order valence-electron chi connectivity index (χ4n) is 1.34. The van der Waals surface area contributed by atoms with Crippen LogP contribution in [0.3, 0.4) is 0 Å². The van der Waals surface area contributed by atoms with Crippen LogP contribution in [0.5, 0.6) is 5.75 Å². The van der Waals surface area contributed by atoms with Crippen molar-refractivity contribution in [1.82, 2.24) is 10.6 Å². The summed E-state index contributed by atoms with van der Waals surface area (Å²) in [7, 11) is 0. The van der Waals surface area contributed by atoms with E-state index in [1.54, 1.807) is 13.8 Å². The number of esters is 1. The molecule has 0 saturated heterocycles. The summed E-state index contributed by atoms with van der Waals surface area (Å²) >= 11 is 5.69. The number of phenolic OH excluding ortho intramolecular Hbond substituents is 1. The molecule has 0 unspecified atom stereocenters. The van der Waals surface area contributed by atoms with Gasteiger partial charge >= 0.3 is 12.0 Å². The molecule has 0 aliphatic heterocycles. The second kappa shape index (κ2) is 7.49. The summed E-state index contributed by atoms with van der Waals surface area (Å²) in [5.41, 5.74) is -0.165. The summed E-state index contributed by atoms with van der Waals surface area (Å²) in [6, 6.07) is 3.02. The maximum atomic E-state index is 11.7. The molecule has 0 fully saturated rings. The maximum absolute atomic E-state index is 11.7. The number of amides is 3. The summed E-state index contributed by atoms with van der Waals surface area (Å²) in [5, 5.41) is 14.2. The number of urea groups is 1. The molecule has 114 valence electrons. The van der Waals surface area contributed by atoms with Gasteiger partial charge < -0.3 is 15.2 Å². The van der Waals surface area contributed by atoms with Gasteiger partial charge in [0.15, 0.2) is 6.61 Å². The van der Waals surface area contributed by atoms with Crippen LogP contribution in [0, 0.1) is 0 Å². The Hall–Kier alpha value is -2.28. The Balaban J connectivity index is 2.51. The lowest BCUT2D eigenvalue weighted by molar-refractivity contribution is -0.123. The maximum Gasteiger partial charge on any atom is 0.342 e. The first-order valence-corrected chi connectivity index (χ1v) is 6.43. The van der Waals surface area contributed by atoms with E-state index in [4.69, 9.17) is 11.6 Å². The lowest BCUT2D eigenvalue weighted by Gasteiger charge is -2.09. The van der Waals surface area contributed by atoms with Crippen LogP contribution in [0.25, 0.3) is 0 Å². The number of ether oxygens (including phenoxy) is 1. The van der Waals surface area contributed by atoms with Crippen molar-refractivity contribution in [3.8, 4) is 5.75 Å². The number of carbonyl (C=O) groups is 3. The molecule has 0 atom stereocenters. The van der Waals surface area contributed by atoms with Crippen molar-refractivity contribution in [2.75, 3.05) is 6.61 Å². The Labute approximate surface area is 126 Å². The molecule has 0 aliphatic carbocycles. The minimum absolute atomic E-state index is 0.135. The van der Waals surface area contributed by atoms with Gasteiger partial charge in [0, 0.05) is 11.1 Å². The second-order valence-corrected chi connectivity index (χ2v) is 4.85. The predicted octanol–water partition coefficient (Wildman–Crippen LogP) is 1.44. The van der Waals surface area contributed by atoms with E-state index in [1.165, 1.54) is 18.2 Å². The molecule has 0 aliphatic rings. The van der Waals surface area contributed by atoms with Gasteiger partial charge in [0.1, 0.15) is 11.3 Å². The molecule has 1 aromatic rings. The molecule has 3 N–H and O–H groups in total. The number of halogens is 1. The van der Waals surface area contributed by atoms with Crippen molar-refractivity contribution in [1.29, 1.82) is 0 Å². The van der Waals surface area contributed by atoms with Crippen molar-refractivity contribution in [2.45, 2.75) is 19.9 Å². The molecule has 3 amide bonds. The average molecular weight is 315 g/mol. The van der Waals surface area contributed by atoms with Crippen molar-refractivity contribution >= 4 is 29.5 Å². The second-order valence-electron chi connectivity index (χ2n) is 4.41. The molecule has 0 bridgehead atoms. The molecule has 0 saturated carbocycles. The van der Waals surface area contributed by atoms with Gasteiger partial charge in [0.25, 0.3) is 5.91 Å². The van der Waals surface area contributed by atoms with Crippen LogP contribution in [-0.4, -0.2) is 35.7 Å². The highest BCUT2D eigenvalue weighted by molar-refractivity contribution is 6.31. The van der Waals surface area contributed by atoms with Crippen molar-refractivity contribution in [3.63, 3.8) is 0 Å². The Morgan fingerprint density at radius 3 is 2.62 bits per heavy atom. The van der Waals surface area contributed by atoms with Gasteiger partial charge in [-0.1, -0.05) is 11.6 Å². The summed E-state index contributed by atoms with van der Waals surface area (Å²) in [6.45, 7) is 2.80. The molecule has 21 heavy (non-hydrogen) atoms. The minimum Gasteiger partial charge on any atom is -0.507 e. The monoisotopic (exact) mass is 314 g/mol. The highest BCUT2D eigenvalue weighted by atomic mass is 35.5. The fraction of sp³-hybridized carbons (Fsp3) is 0.308. The van der Waals surface area contributed by atoms with E-state index < -0.39 is 24.5 Å². The zero-order valence-electron chi connectivity index (χ0n) is 11.5.